The number of ether oxygens (including phenoxy) is 1. The van der Waals surface area contributed by atoms with E-state index < -0.39 is 0 Å². The highest BCUT2D eigenvalue weighted by atomic mass is 16.5. The van der Waals surface area contributed by atoms with Gasteiger partial charge < -0.3 is 19.8 Å². The third-order valence-corrected chi connectivity index (χ3v) is 5.23. The van der Waals surface area contributed by atoms with Crippen LogP contribution in [0.25, 0.3) is 0 Å². The number of nitrogens with zero attached hydrogens (tertiary/aromatic N) is 4. The number of hydrogen-bond acceptors (Lipinski definition) is 7. The molecule has 0 radical (unpaired) electrons. The van der Waals surface area contributed by atoms with Gasteiger partial charge in [0.2, 0.25) is 5.95 Å². The molecule has 4 rings (SSSR count). The van der Waals surface area contributed by atoms with Crippen molar-refractivity contribution in [2.75, 3.05) is 25.9 Å². The van der Waals surface area contributed by atoms with Crippen LogP contribution in [0.3, 0.4) is 0 Å². The summed E-state index contributed by atoms with van der Waals surface area (Å²) in [6.07, 6.45) is 4.21. The standard InChI is InChI=1S/C22H25N5O3/c1-14-9-19(26-22(23)25-14)21(28)27-8-4-6-16(13-27)20-24-12-18(30-20)11-15-5-3-7-17(10-15)29-2/h3,5,7,9-10,12,16H,4,6,8,11,13H2,1-2H3,(H2,23,25,26). The third kappa shape index (κ3) is 4.42. The van der Waals surface area contributed by atoms with Gasteiger partial charge >= 0.3 is 0 Å². The molecule has 0 saturated carbocycles. The van der Waals surface area contributed by atoms with Gasteiger partial charge in [0.15, 0.2) is 5.89 Å². The van der Waals surface area contributed by atoms with Crippen LogP contribution in [-0.4, -0.2) is 46.0 Å². The molecule has 3 heterocycles. The van der Waals surface area contributed by atoms with Crippen LogP contribution in [0.5, 0.6) is 5.75 Å². The fourth-order valence-corrected chi connectivity index (χ4v) is 3.80. The highest BCUT2D eigenvalue weighted by Crippen LogP contribution is 2.28. The van der Waals surface area contributed by atoms with Gasteiger partial charge in [0.05, 0.1) is 19.2 Å². The summed E-state index contributed by atoms with van der Waals surface area (Å²) in [6, 6.07) is 9.55. The minimum atomic E-state index is -0.139. The van der Waals surface area contributed by atoms with Crippen LogP contribution < -0.4 is 10.5 Å². The van der Waals surface area contributed by atoms with E-state index in [1.807, 2.05) is 24.3 Å². The van der Waals surface area contributed by atoms with Gasteiger partial charge in [-0.15, -0.1) is 0 Å². The first-order chi connectivity index (χ1) is 14.5. The first kappa shape index (κ1) is 19.9. The zero-order valence-corrected chi connectivity index (χ0v) is 17.2. The van der Waals surface area contributed by atoms with Crippen molar-refractivity contribution >= 4 is 11.9 Å². The molecule has 0 spiro atoms. The van der Waals surface area contributed by atoms with Gasteiger partial charge in [-0.2, -0.15) is 0 Å². The highest BCUT2D eigenvalue weighted by Gasteiger charge is 2.29. The molecule has 2 N–H and O–H groups in total. The number of anilines is 1. The molecule has 8 heteroatoms. The predicted molar refractivity (Wildman–Crippen MR) is 111 cm³/mol. The van der Waals surface area contributed by atoms with E-state index in [0.29, 0.717) is 36.8 Å². The van der Waals surface area contributed by atoms with Crippen molar-refractivity contribution in [3.05, 3.63) is 65.1 Å². The van der Waals surface area contributed by atoms with Crippen molar-refractivity contribution in [3.63, 3.8) is 0 Å². The van der Waals surface area contributed by atoms with E-state index >= 15 is 0 Å². The van der Waals surface area contributed by atoms with E-state index in [-0.39, 0.29) is 17.8 Å². The number of piperidine rings is 1. The number of aryl methyl sites for hydroxylation is 1. The lowest BCUT2D eigenvalue weighted by Crippen LogP contribution is -2.39. The van der Waals surface area contributed by atoms with E-state index in [1.165, 1.54) is 0 Å². The second-order valence-corrected chi connectivity index (χ2v) is 7.54. The van der Waals surface area contributed by atoms with Crippen LogP contribution >= 0.6 is 0 Å². The molecule has 1 amide bonds. The van der Waals surface area contributed by atoms with E-state index in [4.69, 9.17) is 14.9 Å². The second-order valence-electron chi connectivity index (χ2n) is 7.54. The Morgan fingerprint density at radius 1 is 1.33 bits per heavy atom. The number of methoxy groups -OCH3 is 1. The molecule has 156 valence electrons. The molecule has 0 bridgehead atoms. The molecule has 1 aromatic carbocycles. The van der Waals surface area contributed by atoms with Gasteiger partial charge in [-0.25, -0.2) is 15.0 Å². The molecular weight excluding hydrogens is 382 g/mol. The summed E-state index contributed by atoms with van der Waals surface area (Å²) in [6.45, 7) is 3.01. The average Bonchev–Trinajstić information content (AvgIpc) is 3.21. The van der Waals surface area contributed by atoms with Gasteiger partial charge in [-0.05, 0) is 43.5 Å². The number of nitrogens with two attached hydrogens (primary N) is 1. The zero-order valence-electron chi connectivity index (χ0n) is 17.2. The summed E-state index contributed by atoms with van der Waals surface area (Å²) in [5, 5.41) is 0. The number of carbonyl (C=O) groups is 1. The molecule has 1 aliphatic heterocycles. The lowest BCUT2D eigenvalue weighted by atomic mass is 9.97. The summed E-state index contributed by atoms with van der Waals surface area (Å²) in [5.41, 5.74) is 7.80. The number of aromatic nitrogens is 3. The molecule has 3 aromatic rings. The number of likely N-dealkylation sites (tertiary alicyclic amines) is 1. The molecule has 30 heavy (non-hydrogen) atoms. The van der Waals surface area contributed by atoms with Gasteiger partial charge in [-0.3, -0.25) is 4.79 Å². The fourth-order valence-electron chi connectivity index (χ4n) is 3.80. The van der Waals surface area contributed by atoms with Crippen molar-refractivity contribution in [1.82, 2.24) is 19.9 Å². The van der Waals surface area contributed by atoms with Crippen molar-refractivity contribution in [2.45, 2.75) is 32.1 Å². The number of amides is 1. The quantitative estimate of drug-likeness (QED) is 0.693. The largest absolute Gasteiger partial charge is 0.497 e. The zero-order chi connectivity index (χ0) is 21.1. The maximum absolute atomic E-state index is 12.9. The molecular formula is C22H25N5O3. The number of oxazole rings is 1. The van der Waals surface area contributed by atoms with Crippen LogP contribution in [-0.2, 0) is 6.42 Å². The van der Waals surface area contributed by atoms with Gasteiger partial charge in [0, 0.05) is 25.2 Å². The first-order valence-corrected chi connectivity index (χ1v) is 10.00. The van der Waals surface area contributed by atoms with Crippen LogP contribution in [0.15, 0.2) is 40.9 Å². The van der Waals surface area contributed by atoms with Gasteiger partial charge in [0.1, 0.15) is 17.2 Å². The fraction of sp³-hybridized carbons (Fsp3) is 0.364. The Hall–Kier alpha value is -3.42. The minimum absolute atomic E-state index is 0.0574. The summed E-state index contributed by atoms with van der Waals surface area (Å²) >= 11 is 0. The molecule has 1 saturated heterocycles. The maximum Gasteiger partial charge on any atom is 0.272 e. The predicted octanol–water partition coefficient (Wildman–Crippen LogP) is 2.97. The Balaban J connectivity index is 1.45. The number of nitrogen functional groups attached to an aromatic ring is 1. The van der Waals surface area contributed by atoms with Crippen LogP contribution in [0, 0.1) is 6.92 Å². The lowest BCUT2D eigenvalue weighted by molar-refractivity contribution is 0.0691. The number of benzene rings is 1. The minimum Gasteiger partial charge on any atom is -0.497 e. The molecule has 8 nitrogen and oxygen atoms in total. The molecule has 0 aliphatic carbocycles. The SMILES string of the molecule is COc1cccc(Cc2cnc(C3CCCN(C(=O)c4cc(C)nc(N)n4)C3)o2)c1. The maximum atomic E-state index is 12.9. The monoisotopic (exact) mass is 407 g/mol. The summed E-state index contributed by atoms with van der Waals surface area (Å²) < 4.78 is 11.3. The Morgan fingerprint density at radius 2 is 2.20 bits per heavy atom. The smallest absolute Gasteiger partial charge is 0.272 e. The molecule has 1 unspecified atom stereocenters. The molecule has 1 fully saturated rings. The van der Waals surface area contributed by atoms with E-state index in [9.17, 15) is 4.79 Å². The number of hydrogen-bond donors (Lipinski definition) is 1. The summed E-state index contributed by atoms with van der Waals surface area (Å²) in [4.78, 5) is 27.3. The molecule has 1 aliphatic rings. The first-order valence-electron chi connectivity index (χ1n) is 10.00. The van der Waals surface area contributed by atoms with Crippen LogP contribution in [0.1, 0.15) is 52.2 Å². The van der Waals surface area contributed by atoms with Crippen LogP contribution in [0.2, 0.25) is 0 Å². The van der Waals surface area contributed by atoms with Gasteiger partial charge in [0.25, 0.3) is 5.91 Å². The van der Waals surface area contributed by atoms with E-state index in [2.05, 4.69) is 15.0 Å². The van der Waals surface area contributed by atoms with E-state index in [1.54, 1.807) is 31.2 Å². The van der Waals surface area contributed by atoms with Crippen molar-refractivity contribution in [1.29, 1.82) is 0 Å². The van der Waals surface area contributed by atoms with Crippen molar-refractivity contribution in [3.8, 4) is 5.75 Å². The third-order valence-electron chi connectivity index (χ3n) is 5.23. The molecule has 1 atom stereocenters. The van der Waals surface area contributed by atoms with Crippen molar-refractivity contribution in [2.24, 2.45) is 0 Å². The Bertz CT molecular complexity index is 1030. The topological polar surface area (TPSA) is 107 Å². The van der Waals surface area contributed by atoms with Crippen molar-refractivity contribution < 1.29 is 13.9 Å². The van der Waals surface area contributed by atoms with Gasteiger partial charge in [-0.1, -0.05) is 12.1 Å². The normalized spacial score (nSPS) is 16.5. The summed E-state index contributed by atoms with van der Waals surface area (Å²) in [7, 11) is 1.65. The molecule has 2 aromatic heterocycles. The van der Waals surface area contributed by atoms with Crippen LogP contribution in [0.4, 0.5) is 5.95 Å². The average molecular weight is 407 g/mol. The van der Waals surface area contributed by atoms with E-state index in [0.717, 1.165) is 29.9 Å². The number of carbonyl (C=O) groups excluding carboxylic acids is 1. The summed E-state index contributed by atoms with van der Waals surface area (Å²) in [5.74, 6) is 2.31. The Labute approximate surface area is 175 Å². The highest BCUT2D eigenvalue weighted by molar-refractivity contribution is 5.92. The number of rotatable bonds is 5. The second kappa shape index (κ2) is 8.52. The Kier molecular flexibility index (Phi) is 5.65. The Morgan fingerprint density at radius 3 is 3.00 bits per heavy atom. The lowest BCUT2D eigenvalue weighted by Gasteiger charge is -2.31.